The lowest BCUT2D eigenvalue weighted by molar-refractivity contribution is -0.120. The molecule has 0 atom stereocenters. The standard InChI is InChI=1S/C29H30N2O4S/c1-5-6-7-20-10-12-21(13-11-20)31-28(32)26(30-24-18-22(34-3)14-17-25(24)35-4)27(29(31)33)36-23-15-8-19(2)9-16-23/h8-18,30H,5-7H2,1-4H3. The largest absolute Gasteiger partial charge is 0.497 e. The minimum Gasteiger partial charge on any atom is -0.497 e. The molecule has 3 aromatic carbocycles. The second-order valence-corrected chi connectivity index (χ2v) is 9.61. The van der Waals surface area contributed by atoms with Gasteiger partial charge in [-0.2, -0.15) is 0 Å². The number of aryl methyl sites for hydroxylation is 2. The fourth-order valence-electron chi connectivity index (χ4n) is 3.91. The summed E-state index contributed by atoms with van der Waals surface area (Å²) >= 11 is 1.27. The van der Waals surface area contributed by atoms with Crippen molar-refractivity contribution in [2.45, 2.75) is 38.0 Å². The van der Waals surface area contributed by atoms with Crippen LogP contribution in [0.2, 0.25) is 0 Å². The van der Waals surface area contributed by atoms with Crippen LogP contribution in [0.5, 0.6) is 11.5 Å². The first-order chi connectivity index (χ1) is 17.4. The highest BCUT2D eigenvalue weighted by molar-refractivity contribution is 8.04. The molecule has 0 aromatic heterocycles. The predicted octanol–water partition coefficient (Wildman–Crippen LogP) is 6.34. The molecule has 4 rings (SSSR count). The summed E-state index contributed by atoms with van der Waals surface area (Å²) in [5.41, 5.74) is 3.58. The van der Waals surface area contributed by atoms with Crippen LogP contribution in [-0.4, -0.2) is 26.0 Å². The highest BCUT2D eigenvalue weighted by Gasteiger charge is 2.40. The summed E-state index contributed by atoms with van der Waals surface area (Å²) in [7, 11) is 3.12. The van der Waals surface area contributed by atoms with Gasteiger partial charge in [-0.3, -0.25) is 9.59 Å². The maximum atomic E-state index is 13.7. The van der Waals surface area contributed by atoms with Crippen LogP contribution in [0.1, 0.15) is 30.9 Å². The Labute approximate surface area is 216 Å². The number of methoxy groups -OCH3 is 2. The summed E-state index contributed by atoms with van der Waals surface area (Å²) in [5, 5.41) is 3.18. The van der Waals surface area contributed by atoms with Gasteiger partial charge >= 0.3 is 0 Å². The number of nitrogens with zero attached hydrogens (tertiary/aromatic N) is 1. The Kier molecular flexibility index (Phi) is 8.00. The molecule has 1 heterocycles. The smallest absolute Gasteiger partial charge is 0.283 e. The summed E-state index contributed by atoms with van der Waals surface area (Å²) in [6, 6.07) is 20.8. The molecule has 186 valence electrons. The highest BCUT2D eigenvalue weighted by atomic mass is 32.2. The predicted molar refractivity (Wildman–Crippen MR) is 145 cm³/mol. The Morgan fingerprint density at radius 3 is 2.25 bits per heavy atom. The van der Waals surface area contributed by atoms with Gasteiger partial charge in [0, 0.05) is 11.0 Å². The molecular weight excluding hydrogens is 472 g/mol. The van der Waals surface area contributed by atoms with E-state index >= 15 is 0 Å². The SMILES string of the molecule is CCCCc1ccc(N2C(=O)C(Nc3cc(OC)ccc3OC)=C(Sc3ccc(C)cc3)C2=O)cc1. The van der Waals surface area contributed by atoms with Gasteiger partial charge < -0.3 is 14.8 Å². The van der Waals surface area contributed by atoms with Gasteiger partial charge in [0.25, 0.3) is 11.8 Å². The van der Waals surface area contributed by atoms with E-state index in [2.05, 4.69) is 12.2 Å². The molecule has 1 aliphatic heterocycles. The number of benzene rings is 3. The molecule has 36 heavy (non-hydrogen) atoms. The second-order valence-electron chi connectivity index (χ2n) is 8.53. The van der Waals surface area contributed by atoms with Crippen molar-refractivity contribution in [1.29, 1.82) is 0 Å². The van der Waals surface area contributed by atoms with Gasteiger partial charge in [0.1, 0.15) is 22.1 Å². The van der Waals surface area contributed by atoms with E-state index in [4.69, 9.17) is 9.47 Å². The zero-order valence-electron chi connectivity index (χ0n) is 21.0. The van der Waals surface area contributed by atoms with E-state index in [1.807, 2.05) is 55.5 Å². The van der Waals surface area contributed by atoms with Crippen LogP contribution >= 0.6 is 11.8 Å². The molecule has 3 aromatic rings. The van der Waals surface area contributed by atoms with Crippen molar-refractivity contribution in [1.82, 2.24) is 0 Å². The Hall–Kier alpha value is -3.71. The second kappa shape index (κ2) is 11.4. The fourth-order valence-corrected chi connectivity index (χ4v) is 4.84. The summed E-state index contributed by atoms with van der Waals surface area (Å²) in [6.07, 6.45) is 3.17. The Morgan fingerprint density at radius 2 is 1.61 bits per heavy atom. The van der Waals surface area contributed by atoms with E-state index in [0.29, 0.717) is 27.8 Å². The maximum Gasteiger partial charge on any atom is 0.283 e. The highest BCUT2D eigenvalue weighted by Crippen LogP contribution is 2.39. The number of thioether (sulfide) groups is 1. The molecular formula is C29H30N2O4S. The van der Waals surface area contributed by atoms with Crippen LogP contribution in [0.3, 0.4) is 0 Å². The van der Waals surface area contributed by atoms with Gasteiger partial charge in [0.15, 0.2) is 0 Å². The van der Waals surface area contributed by atoms with Crippen molar-refractivity contribution in [3.8, 4) is 11.5 Å². The van der Waals surface area contributed by atoms with E-state index in [1.54, 1.807) is 32.4 Å². The first-order valence-electron chi connectivity index (χ1n) is 11.9. The summed E-state index contributed by atoms with van der Waals surface area (Å²) in [5.74, 6) is 0.349. The van der Waals surface area contributed by atoms with E-state index in [-0.39, 0.29) is 11.6 Å². The van der Waals surface area contributed by atoms with Crippen LogP contribution < -0.4 is 19.7 Å². The van der Waals surface area contributed by atoms with E-state index in [0.717, 1.165) is 29.7 Å². The number of anilines is 2. The van der Waals surface area contributed by atoms with Gasteiger partial charge in [-0.25, -0.2) is 4.90 Å². The number of ether oxygens (including phenoxy) is 2. The number of hydrogen-bond acceptors (Lipinski definition) is 6. The van der Waals surface area contributed by atoms with Crippen LogP contribution in [0.25, 0.3) is 0 Å². The molecule has 7 heteroatoms. The first-order valence-corrected chi connectivity index (χ1v) is 12.7. The average Bonchev–Trinajstić information content (AvgIpc) is 3.12. The van der Waals surface area contributed by atoms with E-state index in [1.165, 1.54) is 22.2 Å². The van der Waals surface area contributed by atoms with Crippen molar-refractivity contribution >= 4 is 35.0 Å². The third-order valence-corrected chi connectivity index (χ3v) is 7.05. The molecule has 0 fully saturated rings. The molecule has 1 aliphatic rings. The number of rotatable bonds is 10. The molecule has 2 amide bonds. The minimum atomic E-state index is -0.416. The Bertz CT molecular complexity index is 1280. The molecule has 0 saturated heterocycles. The number of nitrogens with one attached hydrogen (secondary N) is 1. The molecule has 0 bridgehead atoms. The fraction of sp³-hybridized carbons (Fsp3) is 0.241. The van der Waals surface area contributed by atoms with Crippen molar-refractivity contribution in [3.05, 3.63) is 88.5 Å². The molecule has 1 N–H and O–H groups in total. The quantitative estimate of drug-likeness (QED) is 0.326. The summed E-state index contributed by atoms with van der Waals surface area (Å²) in [6.45, 7) is 4.16. The Balaban J connectivity index is 1.72. The molecule has 0 saturated carbocycles. The van der Waals surface area contributed by atoms with Gasteiger partial charge in [-0.1, -0.05) is 54.9 Å². The minimum absolute atomic E-state index is 0.201. The van der Waals surface area contributed by atoms with Crippen molar-refractivity contribution in [2.75, 3.05) is 24.4 Å². The maximum absolute atomic E-state index is 13.7. The van der Waals surface area contributed by atoms with Gasteiger partial charge in [-0.15, -0.1) is 0 Å². The zero-order chi connectivity index (χ0) is 25.7. The summed E-state index contributed by atoms with van der Waals surface area (Å²) in [4.78, 5) is 29.8. The van der Waals surface area contributed by atoms with E-state index in [9.17, 15) is 9.59 Å². The lowest BCUT2D eigenvalue weighted by Gasteiger charge is -2.16. The third-order valence-electron chi connectivity index (χ3n) is 5.96. The van der Waals surface area contributed by atoms with Crippen LogP contribution in [0.4, 0.5) is 11.4 Å². The number of carbonyl (C=O) groups is 2. The molecule has 0 aliphatic carbocycles. The summed E-state index contributed by atoms with van der Waals surface area (Å²) < 4.78 is 10.8. The monoisotopic (exact) mass is 502 g/mol. The van der Waals surface area contributed by atoms with Crippen LogP contribution in [0, 0.1) is 6.92 Å². The third kappa shape index (κ3) is 5.41. The lowest BCUT2D eigenvalue weighted by atomic mass is 10.1. The molecule has 0 spiro atoms. The van der Waals surface area contributed by atoms with Crippen molar-refractivity contribution in [3.63, 3.8) is 0 Å². The number of amides is 2. The number of hydrogen-bond donors (Lipinski definition) is 1. The van der Waals surface area contributed by atoms with Crippen LogP contribution in [0.15, 0.2) is 82.2 Å². The number of unbranched alkanes of at least 4 members (excludes halogenated alkanes) is 1. The molecule has 0 radical (unpaired) electrons. The van der Waals surface area contributed by atoms with Crippen LogP contribution in [-0.2, 0) is 16.0 Å². The van der Waals surface area contributed by atoms with E-state index < -0.39 is 5.91 Å². The first kappa shape index (κ1) is 25.4. The van der Waals surface area contributed by atoms with Crippen molar-refractivity contribution < 1.29 is 19.1 Å². The number of carbonyl (C=O) groups excluding carboxylic acids is 2. The normalized spacial score (nSPS) is 13.4. The molecule has 0 unspecified atom stereocenters. The van der Waals surface area contributed by atoms with Gasteiger partial charge in [-0.05, 0) is 61.7 Å². The van der Waals surface area contributed by atoms with Crippen molar-refractivity contribution in [2.24, 2.45) is 0 Å². The average molecular weight is 503 g/mol. The molecule has 6 nitrogen and oxygen atoms in total. The topological polar surface area (TPSA) is 67.9 Å². The number of imide groups is 1. The van der Waals surface area contributed by atoms with Gasteiger partial charge in [0.2, 0.25) is 0 Å². The Morgan fingerprint density at radius 1 is 0.889 bits per heavy atom. The lowest BCUT2D eigenvalue weighted by Crippen LogP contribution is -2.32. The zero-order valence-corrected chi connectivity index (χ0v) is 21.8. The van der Waals surface area contributed by atoms with Gasteiger partial charge in [0.05, 0.1) is 25.6 Å².